The number of carbonyl (C=O) groups is 5. The Kier molecular flexibility index (Phi) is 30.1. The first-order chi connectivity index (χ1) is 67.7. The number of anilines is 5. The summed E-state index contributed by atoms with van der Waals surface area (Å²) in [6, 6.07) is 56.4. The predicted molar refractivity (Wildman–Crippen MR) is 527 cm³/mol. The number of hydrogen-bond acceptors (Lipinski definition) is 21. The molecule has 5 aliphatic rings. The van der Waals surface area contributed by atoms with Gasteiger partial charge in [0, 0.05) is 114 Å². The third-order valence-electron chi connectivity index (χ3n) is 21.0. The summed E-state index contributed by atoms with van der Waals surface area (Å²) in [5, 5.41) is 15.5. The Bertz CT molecular complexity index is 7500. The average Bonchev–Trinajstić information content (AvgIpc) is 1.64. The van der Waals surface area contributed by atoms with Crippen molar-refractivity contribution in [3.63, 3.8) is 0 Å². The van der Waals surface area contributed by atoms with Crippen molar-refractivity contribution in [2.24, 2.45) is 0 Å². The van der Waals surface area contributed by atoms with E-state index in [0.717, 1.165) is 59.5 Å². The number of nitrogens with zero attached hydrogens (tertiary/aromatic N) is 5. The fraction of sp³-hybridized carbons (Fsp3) is 0.100. The van der Waals surface area contributed by atoms with Crippen LogP contribution < -0.4 is 78.7 Å². The molecule has 42 heteroatoms. The van der Waals surface area contributed by atoms with E-state index >= 15 is 0 Å². The zero-order chi connectivity index (χ0) is 101. The number of hydrogen-bond donors (Lipinski definition) is 5. The highest BCUT2D eigenvalue weighted by molar-refractivity contribution is 9.11. The molecular formula is C100H64Br2Cl7F7N10O16. The Hall–Kier alpha value is -14.4. The van der Waals surface area contributed by atoms with Crippen LogP contribution in [0.25, 0.3) is 55.6 Å². The van der Waals surface area contributed by atoms with Crippen molar-refractivity contribution in [3.8, 4) is 119 Å². The second-order valence-electron chi connectivity index (χ2n) is 30.8. The maximum atomic E-state index is 13.5. The van der Waals surface area contributed by atoms with Crippen LogP contribution in [0, 0.1) is 33.5 Å². The van der Waals surface area contributed by atoms with E-state index in [9.17, 15) is 54.7 Å². The summed E-state index contributed by atoms with van der Waals surface area (Å²) in [4.78, 5) is 83.2. The van der Waals surface area contributed by atoms with Crippen LogP contribution in [0.5, 0.6) is 63.2 Å². The van der Waals surface area contributed by atoms with E-state index in [1.807, 2.05) is 69.3 Å². The smallest absolute Gasteiger partial charge is 0.496 e. The minimum absolute atomic E-state index is 0.00289. The van der Waals surface area contributed by atoms with Crippen molar-refractivity contribution in [1.29, 1.82) is 0 Å². The molecule has 15 aromatic rings. The van der Waals surface area contributed by atoms with E-state index in [0.29, 0.717) is 122 Å². The number of methoxy groups -OCH3 is 1. The predicted octanol–water partition coefficient (Wildman–Crippen LogP) is 27.9. The Morgan fingerprint density at radius 2 is 0.599 bits per heavy atom. The highest BCUT2D eigenvalue weighted by Crippen LogP contribution is 2.51. The number of carbonyl (C=O) groups excluding carboxylic acids is 5. The summed E-state index contributed by atoms with van der Waals surface area (Å²) in [5.74, 6) is 1.18. The number of aromatic nitrogens is 5. The highest BCUT2D eigenvalue weighted by Gasteiger charge is 2.46. The van der Waals surface area contributed by atoms with Gasteiger partial charge in [-0.25, -0.2) is 29.3 Å². The first kappa shape index (κ1) is 101. The van der Waals surface area contributed by atoms with Gasteiger partial charge in [0.15, 0.2) is 57.5 Å². The summed E-state index contributed by atoms with van der Waals surface area (Å²) in [6.45, 7) is 7.89. The lowest BCUT2D eigenvalue weighted by molar-refractivity contribution is -0.287. The number of aryl methyl sites for hydroxylation is 4. The van der Waals surface area contributed by atoms with E-state index in [1.54, 1.807) is 122 Å². The van der Waals surface area contributed by atoms with Gasteiger partial charge < -0.3 is 78.7 Å². The van der Waals surface area contributed by atoms with Crippen molar-refractivity contribution < 1.29 is 107 Å². The molecule has 10 aromatic carbocycles. The monoisotopic (exact) mass is 2200 g/mol. The van der Waals surface area contributed by atoms with Gasteiger partial charge in [0.1, 0.15) is 40.7 Å². The molecule has 5 amide bonds. The van der Waals surface area contributed by atoms with E-state index < -0.39 is 42.4 Å². The summed E-state index contributed by atoms with van der Waals surface area (Å²) < 4.78 is 148. The fourth-order valence-corrected chi connectivity index (χ4v) is 17.0. The van der Waals surface area contributed by atoms with Gasteiger partial charge in [-0.3, -0.25) is 24.0 Å². The van der Waals surface area contributed by atoms with Crippen LogP contribution in [0.3, 0.4) is 0 Å². The lowest BCUT2D eigenvalue weighted by Crippen LogP contribution is -2.25. The van der Waals surface area contributed by atoms with Gasteiger partial charge in [-0.15, -0.1) is 26.3 Å². The van der Waals surface area contributed by atoms with Crippen molar-refractivity contribution in [2.45, 2.75) is 46.6 Å². The first-order valence-electron chi connectivity index (χ1n) is 41.5. The Morgan fingerprint density at radius 1 is 0.317 bits per heavy atom. The van der Waals surface area contributed by atoms with Crippen LogP contribution in [-0.4, -0.2) is 94.0 Å². The van der Waals surface area contributed by atoms with Gasteiger partial charge in [0.05, 0.1) is 70.1 Å². The van der Waals surface area contributed by atoms with E-state index in [4.69, 9.17) is 105 Å². The molecule has 26 nitrogen and oxygen atoms in total. The summed E-state index contributed by atoms with van der Waals surface area (Å²) in [5.41, 5.74) is 11.5. The number of rotatable bonds is 16. The second kappa shape index (κ2) is 42.6. The number of amides is 5. The van der Waals surface area contributed by atoms with E-state index in [2.05, 4.69) is 112 Å². The number of pyridine rings is 5. The van der Waals surface area contributed by atoms with Crippen LogP contribution >= 0.6 is 113 Å². The molecule has 0 unspecified atom stereocenters. The molecule has 0 radical (unpaired) electrons. The molecule has 0 saturated carbocycles. The molecule has 5 aliphatic heterocycles. The molecule has 10 heterocycles. The molecule has 0 atom stereocenters. The summed E-state index contributed by atoms with van der Waals surface area (Å²) in [7, 11) is 1.36. The number of halogens is 16. The number of nitrogens with one attached hydrogen (secondary N) is 5. The van der Waals surface area contributed by atoms with Gasteiger partial charge in [0.2, 0.25) is 13.6 Å². The molecule has 142 heavy (non-hydrogen) atoms. The Balaban J connectivity index is 0.000000128. The molecule has 20 rings (SSSR count). The van der Waals surface area contributed by atoms with Crippen LogP contribution in [0.4, 0.5) is 59.8 Å². The Labute approximate surface area is 853 Å². The van der Waals surface area contributed by atoms with Crippen molar-refractivity contribution in [1.82, 2.24) is 24.9 Å². The lowest BCUT2D eigenvalue weighted by Gasteiger charge is -2.10. The molecule has 0 fully saturated rings. The van der Waals surface area contributed by atoms with Gasteiger partial charge in [0.25, 0.3) is 29.5 Å². The number of ether oxygens (including phenoxy) is 11. The topological polar surface area (TPSA) is 311 Å². The quantitative estimate of drug-likeness (QED) is 0.0561. The third-order valence-corrected chi connectivity index (χ3v) is 24.9. The zero-order valence-corrected chi connectivity index (χ0v) is 81.8. The van der Waals surface area contributed by atoms with Crippen LogP contribution in [0.1, 0.15) is 74.0 Å². The number of alkyl halides is 6. The van der Waals surface area contributed by atoms with Gasteiger partial charge in [-0.1, -0.05) is 149 Å². The normalized spacial score (nSPS) is 13.2. The molecule has 0 bridgehead atoms. The maximum absolute atomic E-state index is 13.5. The summed E-state index contributed by atoms with van der Waals surface area (Å²) in [6.07, 6.45) is -3.54. The SMILES string of the molecule is COc1ccc(F)cc1C(=O)Nc1ccc(-c2cc3c(cc2Cl)OC(F)(F)O3)cn1.Cc1ccc(C(=O)Nc2ccc(-c3cc4c(cc3Br)OCO4)cn2)c(Cl)c1.Cc1ccc(C(=O)Nc2ccc(-c3cc4c(cc3Cl)OC(F)(F)O4)cn2)c(Cl)c1.Cc1cccc(C(=O)Nc2ccc(-c3cc4c(cc3Br)OCO4)cn2)c1Cl.Cc1cccc(C(=O)Nc2ccc(-c3cc4c(cc3Cl)OC(F)(F)O4)cn2)c1Cl. The maximum Gasteiger partial charge on any atom is 0.586 e. The van der Waals surface area contributed by atoms with Crippen molar-refractivity contribution >= 4 is 172 Å². The van der Waals surface area contributed by atoms with Crippen molar-refractivity contribution in [2.75, 3.05) is 47.3 Å². The Morgan fingerprint density at radius 3 is 0.894 bits per heavy atom. The third kappa shape index (κ3) is 23.7. The minimum Gasteiger partial charge on any atom is -0.496 e. The molecule has 0 aliphatic carbocycles. The summed E-state index contributed by atoms with van der Waals surface area (Å²) >= 11 is 50.2. The lowest BCUT2D eigenvalue weighted by atomic mass is 10.1. The molecule has 722 valence electrons. The number of fused-ring (bicyclic) bond motifs is 5. The minimum atomic E-state index is -3.76. The number of benzene rings is 10. The average molecular weight is 2200 g/mol. The molecule has 0 spiro atoms. The molecule has 0 saturated heterocycles. The highest BCUT2D eigenvalue weighted by atomic mass is 79.9. The largest absolute Gasteiger partial charge is 0.586 e. The van der Waals surface area contributed by atoms with Gasteiger partial charge in [-0.05, 0) is 208 Å². The standard InChI is InChI=1S/2C20H14BrClN2O3.2C20H12Cl2F2N2O3.C20H12ClF3N2O4/c1-11-2-4-13(16(22)6-11)20(25)24-19-5-3-12(9-23-19)14-7-17-18(8-15(14)21)27-10-26-17;1-11-3-2-4-13(19(11)22)20(25)24-18-6-5-12(9-23-18)14-7-16-17(8-15(14)21)27-10-26-16;1-10-2-4-12(14(21)6-10)19(27)26-18-5-3-11(9-25-18)13-7-16-17(8-15(13)22)29-20(23,24)28-16;1-10-3-2-4-12(18(10)22)19(27)26-17-6-5-11(9-25-17)13-7-15-16(8-14(13)21)29-20(23,24)28-15;1-28-15-4-3-11(22)6-13(15)19(27)26-18-5-2-10(9-25-18)12-7-16-17(8-14(12)21)30-20(23,24)29-16/h2*2-9H,10H2,1H3,(H,23,24,25);2*2-9H,1H3,(H,25,26,27);2-9H,1H3,(H,25,26,27). The van der Waals surface area contributed by atoms with Crippen LogP contribution in [0.15, 0.2) is 252 Å². The van der Waals surface area contributed by atoms with Crippen molar-refractivity contribution in [3.05, 3.63) is 343 Å². The fourth-order valence-electron chi connectivity index (χ4n) is 14.0. The van der Waals surface area contributed by atoms with E-state index in [1.165, 1.54) is 80.3 Å². The van der Waals surface area contributed by atoms with Crippen LogP contribution in [-0.2, 0) is 0 Å². The van der Waals surface area contributed by atoms with Crippen LogP contribution in [0.2, 0.25) is 35.2 Å². The van der Waals surface area contributed by atoms with Gasteiger partial charge >= 0.3 is 18.9 Å². The van der Waals surface area contributed by atoms with Gasteiger partial charge in [-0.2, -0.15) is 0 Å². The zero-order valence-electron chi connectivity index (χ0n) is 73.3. The van der Waals surface area contributed by atoms with E-state index in [-0.39, 0.29) is 92.1 Å². The molecule has 5 N–H and O–H groups in total. The molecule has 5 aromatic heterocycles. The first-order valence-corrected chi connectivity index (χ1v) is 45.7. The molecular weight excluding hydrogens is 2140 g/mol. The second-order valence-corrected chi connectivity index (χ2v) is 35.3.